The monoisotopic (exact) mass is 280 g/mol. The van der Waals surface area contributed by atoms with Crippen molar-refractivity contribution < 1.29 is 4.79 Å². The van der Waals surface area contributed by atoms with E-state index in [2.05, 4.69) is 19.2 Å². The number of carbonyl (C=O) groups is 1. The number of rotatable bonds is 8. The maximum atomic E-state index is 11.8. The minimum Gasteiger partial charge on any atom is -0.399 e. The Labute approximate surface area is 120 Å². The molecule has 106 valence electrons. The predicted octanol–water partition coefficient (Wildman–Crippen LogP) is 2.85. The summed E-state index contributed by atoms with van der Waals surface area (Å²) in [7, 11) is 0. The van der Waals surface area contributed by atoms with Crippen LogP contribution in [0.5, 0.6) is 0 Å². The maximum absolute atomic E-state index is 11.8. The Morgan fingerprint density at radius 3 is 2.68 bits per heavy atom. The predicted molar refractivity (Wildman–Crippen MR) is 84.4 cm³/mol. The lowest BCUT2D eigenvalue weighted by molar-refractivity contribution is -0.121. The Bertz CT molecular complexity index is 378. The van der Waals surface area contributed by atoms with Gasteiger partial charge in [-0.1, -0.05) is 19.1 Å². The SMILES string of the molecule is CCSCCC(C)NC(=O)CCc1ccc(N)cc1. The van der Waals surface area contributed by atoms with Crippen LogP contribution in [-0.4, -0.2) is 23.5 Å². The Morgan fingerprint density at radius 1 is 1.37 bits per heavy atom. The van der Waals surface area contributed by atoms with Crippen molar-refractivity contribution in [2.24, 2.45) is 0 Å². The second-order valence-corrected chi connectivity index (χ2v) is 6.09. The Hall–Kier alpha value is -1.16. The number of anilines is 1. The summed E-state index contributed by atoms with van der Waals surface area (Å²) >= 11 is 1.91. The van der Waals surface area contributed by atoms with Crippen molar-refractivity contribution in [3.05, 3.63) is 29.8 Å². The van der Waals surface area contributed by atoms with E-state index in [1.165, 1.54) is 0 Å². The average molecular weight is 280 g/mol. The van der Waals surface area contributed by atoms with Crippen LogP contribution in [0.2, 0.25) is 0 Å². The van der Waals surface area contributed by atoms with Crippen LogP contribution in [0.4, 0.5) is 5.69 Å². The van der Waals surface area contributed by atoms with Crippen molar-refractivity contribution in [1.82, 2.24) is 5.32 Å². The number of hydrogen-bond acceptors (Lipinski definition) is 3. The van der Waals surface area contributed by atoms with Crippen LogP contribution in [0.15, 0.2) is 24.3 Å². The normalized spacial score (nSPS) is 12.1. The molecule has 4 heteroatoms. The minimum absolute atomic E-state index is 0.130. The van der Waals surface area contributed by atoms with E-state index in [0.29, 0.717) is 6.42 Å². The summed E-state index contributed by atoms with van der Waals surface area (Å²) in [6.45, 7) is 4.22. The highest BCUT2D eigenvalue weighted by Crippen LogP contribution is 2.08. The molecule has 3 N–H and O–H groups in total. The lowest BCUT2D eigenvalue weighted by Gasteiger charge is -2.13. The highest BCUT2D eigenvalue weighted by Gasteiger charge is 2.07. The van der Waals surface area contributed by atoms with Crippen LogP contribution < -0.4 is 11.1 Å². The van der Waals surface area contributed by atoms with Crippen LogP contribution in [0.25, 0.3) is 0 Å². The fourth-order valence-corrected chi connectivity index (χ4v) is 2.57. The Kier molecular flexibility index (Phi) is 7.41. The van der Waals surface area contributed by atoms with Crippen LogP contribution in [0, 0.1) is 0 Å². The molecule has 0 fully saturated rings. The highest BCUT2D eigenvalue weighted by atomic mass is 32.2. The molecule has 0 radical (unpaired) electrons. The standard InChI is InChI=1S/C15H24N2OS/c1-3-19-11-10-12(2)17-15(18)9-6-13-4-7-14(16)8-5-13/h4-5,7-8,12H,3,6,9-11,16H2,1-2H3,(H,17,18). The van der Waals surface area contributed by atoms with Crippen LogP contribution >= 0.6 is 11.8 Å². The molecule has 1 rings (SSSR count). The molecule has 1 aromatic carbocycles. The van der Waals surface area contributed by atoms with E-state index in [1.807, 2.05) is 36.0 Å². The fraction of sp³-hybridized carbons (Fsp3) is 0.533. The number of aryl methyl sites for hydroxylation is 1. The van der Waals surface area contributed by atoms with Gasteiger partial charge in [-0.2, -0.15) is 11.8 Å². The van der Waals surface area contributed by atoms with Gasteiger partial charge in [0.05, 0.1) is 0 Å². The van der Waals surface area contributed by atoms with Gasteiger partial charge in [0.2, 0.25) is 5.91 Å². The molecule has 0 aliphatic heterocycles. The van der Waals surface area contributed by atoms with E-state index in [4.69, 9.17) is 5.73 Å². The molecule has 0 bridgehead atoms. The number of nitrogens with one attached hydrogen (secondary N) is 1. The zero-order valence-electron chi connectivity index (χ0n) is 11.8. The van der Waals surface area contributed by atoms with Crippen LogP contribution in [0.1, 0.15) is 32.3 Å². The molecule has 19 heavy (non-hydrogen) atoms. The molecule has 0 spiro atoms. The largest absolute Gasteiger partial charge is 0.399 e. The third kappa shape index (κ3) is 7.11. The summed E-state index contributed by atoms with van der Waals surface area (Å²) in [6, 6.07) is 7.96. The van der Waals surface area contributed by atoms with Gasteiger partial charge in [0, 0.05) is 18.2 Å². The number of benzene rings is 1. The number of thioether (sulfide) groups is 1. The number of nitrogen functional groups attached to an aromatic ring is 1. The number of amides is 1. The molecule has 0 aliphatic rings. The highest BCUT2D eigenvalue weighted by molar-refractivity contribution is 7.99. The third-order valence-corrected chi connectivity index (χ3v) is 3.86. The van der Waals surface area contributed by atoms with Crippen molar-refractivity contribution in [2.45, 2.75) is 39.2 Å². The summed E-state index contributed by atoms with van der Waals surface area (Å²) in [6.07, 6.45) is 2.34. The van der Waals surface area contributed by atoms with Crippen LogP contribution in [0.3, 0.4) is 0 Å². The number of carbonyl (C=O) groups excluding carboxylic acids is 1. The summed E-state index contributed by atoms with van der Waals surface area (Å²) < 4.78 is 0. The van der Waals surface area contributed by atoms with Crippen molar-refractivity contribution >= 4 is 23.4 Å². The quantitative estimate of drug-likeness (QED) is 0.569. The van der Waals surface area contributed by atoms with E-state index < -0.39 is 0 Å². The van der Waals surface area contributed by atoms with Gasteiger partial charge < -0.3 is 11.1 Å². The molecule has 0 saturated carbocycles. The van der Waals surface area contributed by atoms with E-state index in [-0.39, 0.29) is 11.9 Å². The van der Waals surface area contributed by atoms with Gasteiger partial charge in [0.25, 0.3) is 0 Å². The van der Waals surface area contributed by atoms with Gasteiger partial charge in [-0.05, 0) is 49.0 Å². The van der Waals surface area contributed by atoms with Gasteiger partial charge in [-0.3, -0.25) is 4.79 Å². The summed E-state index contributed by atoms with van der Waals surface area (Å²) in [5.74, 6) is 2.37. The molecule has 1 aromatic rings. The van der Waals surface area contributed by atoms with Crippen molar-refractivity contribution in [3.63, 3.8) is 0 Å². The lowest BCUT2D eigenvalue weighted by atomic mass is 10.1. The second kappa shape index (κ2) is 8.86. The molecule has 0 aromatic heterocycles. The molecule has 1 unspecified atom stereocenters. The zero-order valence-corrected chi connectivity index (χ0v) is 12.6. The molecular weight excluding hydrogens is 256 g/mol. The van der Waals surface area contributed by atoms with Gasteiger partial charge in [-0.25, -0.2) is 0 Å². The third-order valence-electron chi connectivity index (χ3n) is 2.93. The van der Waals surface area contributed by atoms with Crippen molar-refractivity contribution in [1.29, 1.82) is 0 Å². The maximum Gasteiger partial charge on any atom is 0.220 e. The first-order chi connectivity index (χ1) is 9.11. The summed E-state index contributed by atoms with van der Waals surface area (Å²) in [4.78, 5) is 11.8. The van der Waals surface area contributed by atoms with E-state index in [0.717, 1.165) is 35.6 Å². The number of hydrogen-bond donors (Lipinski definition) is 2. The molecule has 0 heterocycles. The van der Waals surface area contributed by atoms with E-state index in [1.54, 1.807) is 0 Å². The first kappa shape index (κ1) is 15.9. The van der Waals surface area contributed by atoms with E-state index >= 15 is 0 Å². The summed E-state index contributed by atoms with van der Waals surface area (Å²) in [5.41, 5.74) is 7.54. The van der Waals surface area contributed by atoms with Gasteiger partial charge >= 0.3 is 0 Å². The Morgan fingerprint density at radius 2 is 2.05 bits per heavy atom. The first-order valence-corrected chi connectivity index (χ1v) is 7.98. The van der Waals surface area contributed by atoms with Crippen molar-refractivity contribution in [2.75, 3.05) is 17.2 Å². The van der Waals surface area contributed by atoms with Crippen LogP contribution in [-0.2, 0) is 11.2 Å². The fourth-order valence-electron chi connectivity index (χ4n) is 1.77. The van der Waals surface area contributed by atoms with Gasteiger partial charge in [0.1, 0.15) is 0 Å². The minimum atomic E-state index is 0.130. The smallest absolute Gasteiger partial charge is 0.220 e. The lowest BCUT2D eigenvalue weighted by Crippen LogP contribution is -2.33. The molecule has 0 saturated heterocycles. The van der Waals surface area contributed by atoms with Gasteiger partial charge in [-0.15, -0.1) is 0 Å². The van der Waals surface area contributed by atoms with E-state index in [9.17, 15) is 4.79 Å². The molecule has 3 nitrogen and oxygen atoms in total. The first-order valence-electron chi connectivity index (χ1n) is 6.83. The molecule has 1 amide bonds. The van der Waals surface area contributed by atoms with Gasteiger partial charge in [0.15, 0.2) is 0 Å². The zero-order chi connectivity index (χ0) is 14.1. The second-order valence-electron chi connectivity index (χ2n) is 4.70. The summed E-state index contributed by atoms with van der Waals surface area (Å²) in [5, 5.41) is 3.04. The molecular formula is C15H24N2OS. The average Bonchev–Trinajstić information content (AvgIpc) is 2.38. The number of nitrogens with two attached hydrogens (primary N) is 1. The topological polar surface area (TPSA) is 55.1 Å². The molecule has 1 atom stereocenters. The Balaban J connectivity index is 2.22. The molecule has 0 aliphatic carbocycles. The van der Waals surface area contributed by atoms with Crippen molar-refractivity contribution in [3.8, 4) is 0 Å².